The molecular formula is C18H16ClN. The Morgan fingerprint density at radius 2 is 1.70 bits per heavy atom. The second-order valence-electron chi connectivity index (χ2n) is 4.99. The molecular weight excluding hydrogens is 266 g/mol. The maximum Gasteiger partial charge on any atom is 0.0451 e. The van der Waals surface area contributed by atoms with Crippen molar-refractivity contribution in [2.75, 3.05) is 0 Å². The lowest BCUT2D eigenvalue weighted by molar-refractivity contribution is 1.07. The van der Waals surface area contributed by atoms with Gasteiger partial charge in [-0.05, 0) is 52.1 Å². The van der Waals surface area contributed by atoms with Gasteiger partial charge in [0.05, 0.1) is 0 Å². The minimum atomic E-state index is 0.455. The topological polar surface area (TPSA) is 26.0 Å². The SMILES string of the molecule is Cc1ccc(-c2ccc(Cl)c(CN)c2)c2ccccc12. The van der Waals surface area contributed by atoms with Crippen LogP contribution in [-0.4, -0.2) is 0 Å². The molecule has 0 radical (unpaired) electrons. The third kappa shape index (κ3) is 2.20. The molecule has 0 aliphatic carbocycles. The Hall–Kier alpha value is -1.83. The molecule has 0 atom stereocenters. The van der Waals surface area contributed by atoms with Crippen LogP contribution in [0.25, 0.3) is 21.9 Å². The molecule has 2 heteroatoms. The third-order valence-electron chi connectivity index (χ3n) is 3.72. The molecule has 100 valence electrons. The molecule has 0 heterocycles. The zero-order valence-electron chi connectivity index (χ0n) is 11.4. The van der Waals surface area contributed by atoms with E-state index in [-0.39, 0.29) is 0 Å². The van der Waals surface area contributed by atoms with Crippen LogP contribution in [0.4, 0.5) is 0 Å². The highest BCUT2D eigenvalue weighted by atomic mass is 35.5. The lowest BCUT2D eigenvalue weighted by Gasteiger charge is -2.11. The van der Waals surface area contributed by atoms with E-state index in [0.717, 1.165) is 16.1 Å². The number of hydrogen-bond donors (Lipinski definition) is 1. The molecule has 0 spiro atoms. The van der Waals surface area contributed by atoms with Gasteiger partial charge in [0.2, 0.25) is 0 Å². The molecule has 0 saturated carbocycles. The molecule has 0 aliphatic rings. The van der Waals surface area contributed by atoms with Crippen molar-refractivity contribution in [1.82, 2.24) is 0 Å². The minimum absolute atomic E-state index is 0.455. The van der Waals surface area contributed by atoms with Crippen molar-refractivity contribution in [1.29, 1.82) is 0 Å². The largest absolute Gasteiger partial charge is 0.326 e. The molecule has 2 N–H and O–H groups in total. The van der Waals surface area contributed by atoms with E-state index in [1.165, 1.54) is 21.9 Å². The quantitative estimate of drug-likeness (QED) is 0.708. The third-order valence-corrected chi connectivity index (χ3v) is 4.09. The van der Waals surface area contributed by atoms with Gasteiger partial charge in [0.1, 0.15) is 0 Å². The second kappa shape index (κ2) is 5.28. The van der Waals surface area contributed by atoms with Crippen LogP contribution in [0.15, 0.2) is 54.6 Å². The number of halogens is 1. The van der Waals surface area contributed by atoms with Gasteiger partial charge in [0.25, 0.3) is 0 Å². The highest BCUT2D eigenvalue weighted by molar-refractivity contribution is 6.31. The first-order valence-electron chi connectivity index (χ1n) is 6.68. The number of benzene rings is 3. The van der Waals surface area contributed by atoms with Crippen molar-refractivity contribution in [3.63, 3.8) is 0 Å². The van der Waals surface area contributed by atoms with Crippen LogP contribution in [0.1, 0.15) is 11.1 Å². The molecule has 0 saturated heterocycles. The van der Waals surface area contributed by atoms with Crippen LogP contribution in [0.3, 0.4) is 0 Å². The van der Waals surface area contributed by atoms with Crippen molar-refractivity contribution < 1.29 is 0 Å². The van der Waals surface area contributed by atoms with E-state index in [2.05, 4.69) is 55.5 Å². The van der Waals surface area contributed by atoms with Gasteiger partial charge in [-0.25, -0.2) is 0 Å². The van der Waals surface area contributed by atoms with Gasteiger partial charge in [-0.1, -0.05) is 54.1 Å². The molecule has 0 unspecified atom stereocenters. The predicted octanol–water partition coefficient (Wildman–Crippen LogP) is 4.93. The number of aryl methyl sites for hydroxylation is 1. The molecule has 0 amide bonds. The minimum Gasteiger partial charge on any atom is -0.326 e. The summed E-state index contributed by atoms with van der Waals surface area (Å²) in [5, 5.41) is 3.28. The molecule has 20 heavy (non-hydrogen) atoms. The summed E-state index contributed by atoms with van der Waals surface area (Å²) in [6, 6.07) is 18.9. The normalized spacial score (nSPS) is 10.9. The smallest absolute Gasteiger partial charge is 0.0451 e. The van der Waals surface area contributed by atoms with Crippen LogP contribution < -0.4 is 5.73 Å². The molecule has 0 bridgehead atoms. The fraction of sp³-hybridized carbons (Fsp3) is 0.111. The zero-order valence-corrected chi connectivity index (χ0v) is 12.1. The summed E-state index contributed by atoms with van der Waals surface area (Å²) in [5.41, 5.74) is 10.4. The van der Waals surface area contributed by atoms with E-state index in [4.69, 9.17) is 17.3 Å². The monoisotopic (exact) mass is 281 g/mol. The van der Waals surface area contributed by atoms with Crippen LogP contribution in [0, 0.1) is 6.92 Å². The van der Waals surface area contributed by atoms with Gasteiger partial charge in [-0.3, -0.25) is 0 Å². The number of nitrogens with two attached hydrogens (primary N) is 1. The fourth-order valence-electron chi connectivity index (χ4n) is 2.60. The van der Waals surface area contributed by atoms with E-state index >= 15 is 0 Å². The van der Waals surface area contributed by atoms with Gasteiger partial charge >= 0.3 is 0 Å². The van der Waals surface area contributed by atoms with Gasteiger partial charge in [-0.2, -0.15) is 0 Å². The number of hydrogen-bond acceptors (Lipinski definition) is 1. The maximum atomic E-state index is 6.15. The van der Waals surface area contributed by atoms with Crippen LogP contribution in [0.2, 0.25) is 5.02 Å². The first kappa shape index (κ1) is 13.2. The summed E-state index contributed by atoms with van der Waals surface area (Å²) < 4.78 is 0. The zero-order chi connectivity index (χ0) is 14.1. The summed E-state index contributed by atoms with van der Waals surface area (Å²) >= 11 is 6.15. The van der Waals surface area contributed by atoms with Crippen LogP contribution in [-0.2, 0) is 6.54 Å². The van der Waals surface area contributed by atoms with Crippen LogP contribution in [0.5, 0.6) is 0 Å². The van der Waals surface area contributed by atoms with Gasteiger partial charge < -0.3 is 5.73 Å². The first-order chi connectivity index (χ1) is 9.70. The molecule has 3 rings (SSSR count). The molecule has 3 aromatic carbocycles. The van der Waals surface area contributed by atoms with E-state index in [1.807, 2.05) is 6.07 Å². The lowest BCUT2D eigenvalue weighted by atomic mass is 9.94. The number of rotatable bonds is 2. The molecule has 3 aromatic rings. The van der Waals surface area contributed by atoms with E-state index in [0.29, 0.717) is 6.54 Å². The van der Waals surface area contributed by atoms with Crippen molar-refractivity contribution >= 4 is 22.4 Å². The highest BCUT2D eigenvalue weighted by Crippen LogP contribution is 2.32. The average molecular weight is 282 g/mol. The summed E-state index contributed by atoms with van der Waals surface area (Å²) in [6.07, 6.45) is 0. The second-order valence-corrected chi connectivity index (χ2v) is 5.39. The van der Waals surface area contributed by atoms with Crippen molar-refractivity contribution in [2.45, 2.75) is 13.5 Å². The van der Waals surface area contributed by atoms with Gasteiger partial charge in [0, 0.05) is 11.6 Å². The van der Waals surface area contributed by atoms with Gasteiger partial charge in [-0.15, -0.1) is 0 Å². The van der Waals surface area contributed by atoms with Gasteiger partial charge in [0.15, 0.2) is 0 Å². The maximum absolute atomic E-state index is 6.15. The van der Waals surface area contributed by atoms with Crippen molar-refractivity contribution in [3.05, 3.63) is 70.7 Å². The Kier molecular flexibility index (Phi) is 3.47. The Morgan fingerprint density at radius 3 is 2.45 bits per heavy atom. The van der Waals surface area contributed by atoms with Crippen molar-refractivity contribution in [2.24, 2.45) is 5.73 Å². The molecule has 0 fully saturated rings. The van der Waals surface area contributed by atoms with E-state index < -0.39 is 0 Å². The summed E-state index contributed by atoms with van der Waals surface area (Å²) in [5.74, 6) is 0. The van der Waals surface area contributed by atoms with E-state index in [9.17, 15) is 0 Å². The first-order valence-corrected chi connectivity index (χ1v) is 7.05. The average Bonchev–Trinajstić information content (AvgIpc) is 2.49. The standard InChI is InChI=1S/C18H16ClN/c1-12-6-8-16(17-5-3-2-4-15(12)17)13-7-9-18(19)14(10-13)11-20/h2-10H,11,20H2,1H3. The number of fused-ring (bicyclic) bond motifs is 1. The Labute approximate surface area is 124 Å². The highest BCUT2D eigenvalue weighted by Gasteiger charge is 2.07. The molecule has 0 aromatic heterocycles. The van der Waals surface area contributed by atoms with Crippen LogP contribution >= 0.6 is 11.6 Å². The Bertz CT molecular complexity index is 777. The van der Waals surface area contributed by atoms with Crippen molar-refractivity contribution in [3.8, 4) is 11.1 Å². The lowest BCUT2D eigenvalue weighted by Crippen LogP contribution is -1.97. The summed E-state index contributed by atoms with van der Waals surface area (Å²) in [7, 11) is 0. The predicted molar refractivity (Wildman–Crippen MR) is 87.0 cm³/mol. The van der Waals surface area contributed by atoms with E-state index in [1.54, 1.807) is 0 Å². The Balaban J connectivity index is 2.27. The summed E-state index contributed by atoms with van der Waals surface area (Å²) in [4.78, 5) is 0. The Morgan fingerprint density at radius 1 is 0.950 bits per heavy atom. The molecule has 0 aliphatic heterocycles. The fourth-order valence-corrected chi connectivity index (χ4v) is 2.79. The molecule has 1 nitrogen and oxygen atoms in total. The summed E-state index contributed by atoms with van der Waals surface area (Å²) in [6.45, 7) is 2.59.